The molecule has 0 spiro atoms. The molecule has 1 aromatic rings. The van der Waals surface area contributed by atoms with E-state index in [-0.39, 0.29) is 5.97 Å². The molecule has 1 aliphatic heterocycles. The zero-order valence-corrected chi connectivity index (χ0v) is 20.9. The van der Waals surface area contributed by atoms with E-state index in [0.29, 0.717) is 30.5 Å². The molecule has 1 saturated heterocycles. The minimum absolute atomic E-state index is 0.0591. The number of carbonyl (C=O) groups is 1. The summed E-state index contributed by atoms with van der Waals surface area (Å²) in [6.07, 6.45) is 10.3. The number of rotatable bonds is 9. The first-order valence-electron chi connectivity index (χ1n) is 13.0. The Morgan fingerprint density at radius 2 is 1.62 bits per heavy atom. The van der Waals surface area contributed by atoms with Gasteiger partial charge in [-0.25, -0.2) is 0 Å². The number of nitrogens with zero attached hydrogens (tertiary/aromatic N) is 1. The number of ether oxygens (including phenoxy) is 2. The Morgan fingerprint density at radius 1 is 0.969 bits per heavy atom. The minimum Gasteiger partial charge on any atom is -0.490 e. The van der Waals surface area contributed by atoms with Crippen LogP contribution in [-0.2, 0) is 9.53 Å². The predicted octanol–water partition coefficient (Wildman–Crippen LogP) is 6.58. The van der Waals surface area contributed by atoms with Gasteiger partial charge in [-0.3, -0.25) is 4.79 Å². The van der Waals surface area contributed by atoms with Crippen molar-refractivity contribution >= 4 is 5.97 Å². The van der Waals surface area contributed by atoms with E-state index in [1.807, 2.05) is 6.92 Å². The molecule has 4 nitrogen and oxygen atoms in total. The van der Waals surface area contributed by atoms with Crippen LogP contribution in [0.15, 0.2) is 24.3 Å². The number of piperidine rings is 1. The summed E-state index contributed by atoms with van der Waals surface area (Å²) in [5.74, 6) is 2.46. The van der Waals surface area contributed by atoms with Gasteiger partial charge in [0.2, 0.25) is 0 Å². The van der Waals surface area contributed by atoms with Crippen LogP contribution >= 0.6 is 0 Å². The van der Waals surface area contributed by atoms with Gasteiger partial charge < -0.3 is 14.4 Å². The van der Waals surface area contributed by atoms with Gasteiger partial charge in [0.25, 0.3) is 0 Å². The van der Waals surface area contributed by atoms with Gasteiger partial charge in [0.1, 0.15) is 5.75 Å². The van der Waals surface area contributed by atoms with Crippen LogP contribution in [0, 0.1) is 11.3 Å². The van der Waals surface area contributed by atoms with Crippen LogP contribution in [-0.4, -0.2) is 43.2 Å². The van der Waals surface area contributed by atoms with Crippen LogP contribution in [0.4, 0.5) is 0 Å². The Hall–Kier alpha value is -1.55. The highest BCUT2D eigenvalue weighted by Crippen LogP contribution is 2.39. The molecule has 0 N–H and O–H groups in total. The molecule has 0 unspecified atom stereocenters. The van der Waals surface area contributed by atoms with Crippen molar-refractivity contribution in [1.29, 1.82) is 0 Å². The van der Waals surface area contributed by atoms with Gasteiger partial charge in [0.05, 0.1) is 12.7 Å². The molecule has 3 rings (SSSR count). The van der Waals surface area contributed by atoms with Crippen LogP contribution in [0.1, 0.15) is 97.0 Å². The molecule has 0 radical (unpaired) electrons. The van der Waals surface area contributed by atoms with E-state index in [2.05, 4.69) is 49.9 Å². The monoisotopic (exact) mass is 443 g/mol. The fraction of sp³-hybridized carbons (Fsp3) is 0.750. The zero-order valence-electron chi connectivity index (χ0n) is 20.9. The van der Waals surface area contributed by atoms with E-state index >= 15 is 0 Å². The maximum Gasteiger partial charge on any atom is 0.305 e. The lowest BCUT2D eigenvalue weighted by molar-refractivity contribution is -0.143. The Labute approximate surface area is 196 Å². The third-order valence-corrected chi connectivity index (χ3v) is 7.55. The average molecular weight is 444 g/mol. The quantitative estimate of drug-likeness (QED) is 0.319. The molecule has 1 aromatic carbocycles. The second-order valence-corrected chi connectivity index (χ2v) is 10.9. The smallest absolute Gasteiger partial charge is 0.305 e. The second kappa shape index (κ2) is 12.1. The summed E-state index contributed by atoms with van der Waals surface area (Å²) in [6, 6.07) is 8.95. The molecule has 180 valence electrons. The SMILES string of the molecule is CCOC(=O)CCCCN1CCC(c2ccc(OC3CCC(C(C)(C)C)CC3)cc2)CC1. The van der Waals surface area contributed by atoms with Gasteiger partial charge in [-0.15, -0.1) is 0 Å². The first kappa shape index (κ1) is 25.1. The average Bonchev–Trinajstić information content (AvgIpc) is 2.78. The molecule has 4 heteroatoms. The molecule has 1 saturated carbocycles. The van der Waals surface area contributed by atoms with Crippen LogP contribution in [0.2, 0.25) is 0 Å². The number of benzene rings is 1. The highest BCUT2D eigenvalue weighted by molar-refractivity contribution is 5.69. The van der Waals surface area contributed by atoms with E-state index in [1.54, 1.807) is 0 Å². The number of hydrogen-bond acceptors (Lipinski definition) is 4. The normalized spacial score (nSPS) is 23.1. The van der Waals surface area contributed by atoms with Crippen molar-refractivity contribution in [2.45, 2.75) is 97.5 Å². The summed E-state index contributed by atoms with van der Waals surface area (Å²) in [5, 5.41) is 0. The van der Waals surface area contributed by atoms with Crippen LogP contribution < -0.4 is 4.74 Å². The Balaban J connectivity index is 1.35. The van der Waals surface area contributed by atoms with Gasteiger partial charge in [0.15, 0.2) is 0 Å². The molecule has 32 heavy (non-hydrogen) atoms. The predicted molar refractivity (Wildman–Crippen MR) is 131 cm³/mol. The van der Waals surface area contributed by atoms with E-state index in [0.717, 1.165) is 44.1 Å². The molecular formula is C28H45NO3. The van der Waals surface area contributed by atoms with Crippen molar-refractivity contribution in [1.82, 2.24) is 4.90 Å². The molecule has 1 aliphatic carbocycles. The number of carbonyl (C=O) groups excluding carboxylic acids is 1. The Kier molecular flexibility index (Phi) is 9.46. The lowest BCUT2D eigenvalue weighted by Crippen LogP contribution is -2.33. The van der Waals surface area contributed by atoms with Gasteiger partial charge in [0, 0.05) is 6.42 Å². The van der Waals surface area contributed by atoms with Crippen molar-refractivity contribution in [3.8, 4) is 5.75 Å². The van der Waals surface area contributed by atoms with Crippen molar-refractivity contribution in [2.75, 3.05) is 26.2 Å². The van der Waals surface area contributed by atoms with Crippen LogP contribution in [0.5, 0.6) is 5.75 Å². The summed E-state index contributed by atoms with van der Waals surface area (Å²) in [7, 11) is 0. The Bertz CT molecular complexity index is 678. The molecule has 0 bridgehead atoms. The van der Waals surface area contributed by atoms with Gasteiger partial charge in [-0.1, -0.05) is 32.9 Å². The highest BCUT2D eigenvalue weighted by atomic mass is 16.5. The van der Waals surface area contributed by atoms with Crippen molar-refractivity contribution in [3.05, 3.63) is 29.8 Å². The molecule has 0 amide bonds. The van der Waals surface area contributed by atoms with Gasteiger partial charge >= 0.3 is 5.97 Å². The second-order valence-electron chi connectivity index (χ2n) is 10.9. The standard InChI is InChI=1S/C28H45NO3/c1-5-31-27(30)8-6-7-19-29-20-17-23(18-21-29)22-9-13-25(14-10-22)32-26-15-11-24(12-16-26)28(2,3)4/h9-10,13-14,23-24,26H,5-8,11-12,15-21H2,1-4H3. The molecule has 0 atom stereocenters. The van der Waals surface area contributed by atoms with Crippen molar-refractivity contribution in [2.24, 2.45) is 11.3 Å². The molecule has 2 fully saturated rings. The number of likely N-dealkylation sites (tertiary alicyclic amines) is 1. The van der Waals surface area contributed by atoms with Gasteiger partial charge in [-0.05, 0) is 113 Å². The van der Waals surface area contributed by atoms with Crippen molar-refractivity contribution < 1.29 is 14.3 Å². The topological polar surface area (TPSA) is 38.8 Å². The maximum absolute atomic E-state index is 11.4. The highest BCUT2D eigenvalue weighted by Gasteiger charge is 2.30. The number of esters is 1. The van der Waals surface area contributed by atoms with E-state index in [9.17, 15) is 4.79 Å². The van der Waals surface area contributed by atoms with Crippen LogP contribution in [0.3, 0.4) is 0 Å². The number of unbranched alkanes of at least 4 members (excludes halogenated alkanes) is 1. The molecular weight excluding hydrogens is 398 g/mol. The first-order chi connectivity index (χ1) is 15.3. The third kappa shape index (κ3) is 7.79. The van der Waals surface area contributed by atoms with E-state index < -0.39 is 0 Å². The fourth-order valence-electron chi connectivity index (χ4n) is 5.39. The van der Waals surface area contributed by atoms with E-state index in [4.69, 9.17) is 9.47 Å². The lowest BCUT2D eigenvalue weighted by atomic mass is 9.72. The largest absolute Gasteiger partial charge is 0.490 e. The van der Waals surface area contributed by atoms with Crippen LogP contribution in [0.25, 0.3) is 0 Å². The van der Waals surface area contributed by atoms with E-state index in [1.165, 1.54) is 44.1 Å². The maximum atomic E-state index is 11.4. The van der Waals surface area contributed by atoms with Gasteiger partial charge in [-0.2, -0.15) is 0 Å². The molecule has 2 aliphatic rings. The summed E-state index contributed by atoms with van der Waals surface area (Å²) in [5.41, 5.74) is 1.88. The summed E-state index contributed by atoms with van der Waals surface area (Å²) < 4.78 is 11.3. The van der Waals surface area contributed by atoms with Crippen molar-refractivity contribution in [3.63, 3.8) is 0 Å². The minimum atomic E-state index is -0.0591. The molecule has 1 heterocycles. The fourth-order valence-corrected chi connectivity index (χ4v) is 5.39. The third-order valence-electron chi connectivity index (χ3n) is 7.55. The summed E-state index contributed by atoms with van der Waals surface area (Å²) in [6.45, 7) is 12.9. The molecule has 0 aromatic heterocycles. The number of hydrogen-bond donors (Lipinski definition) is 0. The first-order valence-corrected chi connectivity index (χ1v) is 13.0. The zero-order chi connectivity index (χ0) is 23.0. The summed E-state index contributed by atoms with van der Waals surface area (Å²) in [4.78, 5) is 14.0. The lowest BCUT2D eigenvalue weighted by Gasteiger charge is -2.37. The Morgan fingerprint density at radius 3 is 2.22 bits per heavy atom. The summed E-state index contributed by atoms with van der Waals surface area (Å²) >= 11 is 0.